The van der Waals surface area contributed by atoms with Gasteiger partial charge < -0.3 is 14.4 Å². The Balaban J connectivity index is 0.965. The minimum Gasteiger partial charge on any atom is -0.310 e. The zero-order valence-corrected chi connectivity index (χ0v) is 40.5. The second-order valence-electron chi connectivity index (χ2n) is 18.5. The Morgan fingerprint density at radius 3 is 1.24 bits per heavy atom. The lowest BCUT2D eigenvalue weighted by molar-refractivity contribution is 1.17. The van der Waals surface area contributed by atoms with E-state index in [1.807, 2.05) is 0 Å². The maximum Gasteiger partial charge on any atom is 0.160 e. The van der Waals surface area contributed by atoms with E-state index >= 15 is 0 Å². The molecule has 0 aliphatic heterocycles. The second kappa shape index (κ2) is 18.9. The van der Waals surface area contributed by atoms with Gasteiger partial charge in [-0.05, 0) is 153 Å². The summed E-state index contributed by atoms with van der Waals surface area (Å²) in [5.41, 5.74) is 20.7. The first-order valence-corrected chi connectivity index (χ1v) is 24.6. The van der Waals surface area contributed by atoms with Crippen molar-refractivity contribution in [1.29, 1.82) is 0 Å². The van der Waals surface area contributed by atoms with Crippen molar-refractivity contribution in [2.75, 3.05) is 9.80 Å². The average Bonchev–Trinajstić information content (AvgIpc) is 3.75. The molecular formula is C67H51N5. The Labute approximate surface area is 421 Å². The monoisotopic (exact) mass is 925 g/mol. The number of hydrogen-bond acceptors (Lipinski definition) is 4. The maximum absolute atomic E-state index is 5.14. The Bertz CT molecular complexity index is 3600. The van der Waals surface area contributed by atoms with Gasteiger partial charge in [0.15, 0.2) is 5.82 Å². The Morgan fingerprint density at radius 1 is 0.319 bits per heavy atom. The standard InChI is InChI=1S/C67H51N5/c1-46-18-16-20-51(40-46)64-45-63(68-67(69-64)52-21-17-19-47(2)41-52)50-32-30-49(31-33-50)60-37-34-57(42-48(60)3)72-65-38-35-58(70(53-22-8-4-9-23-53)54-24-10-5-11-25-54)43-61(65)62-44-59(36-39-66(62)72)71(55-26-12-6-13-27-55)56-28-14-7-15-29-56/h4-45H,1-3H3. The van der Waals surface area contributed by atoms with Gasteiger partial charge in [0.2, 0.25) is 0 Å². The van der Waals surface area contributed by atoms with Gasteiger partial charge >= 0.3 is 0 Å². The predicted octanol–water partition coefficient (Wildman–Crippen LogP) is 18.1. The Kier molecular flexibility index (Phi) is 11.5. The van der Waals surface area contributed by atoms with Crippen molar-refractivity contribution >= 4 is 55.9 Å². The van der Waals surface area contributed by atoms with E-state index in [1.54, 1.807) is 0 Å². The van der Waals surface area contributed by atoms with Crippen LogP contribution in [0.25, 0.3) is 72.5 Å². The molecule has 0 fully saturated rings. The first kappa shape index (κ1) is 43.9. The first-order chi connectivity index (χ1) is 35.4. The second-order valence-corrected chi connectivity index (χ2v) is 18.5. The van der Waals surface area contributed by atoms with Crippen LogP contribution in [0.5, 0.6) is 0 Å². The van der Waals surface area contributed by atoms with E-state index in [2.05, 4.69) is 290 Å². The third-order valence-corrected chi connectivity index (χ3v) is 13.6. The molecule has 10 aromatic carbocycles. The van der Waals surface area contributed by atoms with Crippen LogP contribution in [0.3, 0.4) is 0 Å². The molecule has 0 atom stereocenters. The number of aromatic nitrogens is 3. The van der Waals surface area contributed by atoms with Crippen LogP contribution in [0, 0.1) is 20.8 Å². The van der Waals surface area contributed by atoms with Gasteiger partial charge in [-0.1, -0.05) is 151 Å². The zero-order chi connectivity index (χ0) is 48.5. The normalized spacial score (nSPS) is 11.3. The molecule has 0 amide bonds. The highest BCUT2D eigenvalue weighted by Crippen LogP contribution is 2.43. The van der Waals surface area contributed by atoms with Crippen molar-refractivity contribution in [3.05, 3.63) is 271 Å². The van der Waals surface area contributed by atoms with Crippen molar-refractivity contribution in [1.82, 2.24) is 14.5 Å². The van der Waals surface area contributed by atoms with E-state index < -0.39 is 0 Å². The fourth-order valence-electron chi connectivity index (χ4n) is 10.2. The SMILES string of the molecule is Cc1cccc(-c2cc(-c3ccc(-c4ccc(-n5c6ccc(N(c7ccccc7)c7ccccc7)cc6c6cc(N(c7ccccc7)c7ccccc7)ccc65)cc4C)cc3)nc(-c3cccc(C)c3)n2)c1. The molecule has 0 radical (unpaired) electrons. The summed E-state index contributed by atoms with van der Waals surface area (Å²) in [7, 11) is 0. The highest BCUT2D eigenvalue weighted by Gasteiger charge is 2.21. The molecule has 72 heavy (non-hydrogen) atoms. The quantitative estimate of drug-likeness (QED) is 0.130. The van der Waals surface area contributed by atoms with Crippen LogP contribution in [0.4, 0.5) is 34.1 Å². The summed E-state index contributed by atoms with van der Waals surface area (Å²) in [5.74, 6) is 0.718. The molecule has 344 valence electrons. The number of rotatable bonds is 11. The molecule has 0 spiro atoms. The van der Waals surface area contributed by atoms with Crippen LogP contribution in [-0.2, 0) is 0 Å². The van der Waals surface area contributed by atoms with Crippen molar-refractivity contribution in [3.63, 3.8) is 0 Å². The van der Waals surface area contributed by atoms with E-state index in [1.165, 1.54) is 33.0 Å². The lowest BCUT2D eigenvalue weighted by atomic mass is 9.97. The summed E-state index contributed by atoms with van der Waals surface area (Å²) in [6.07, 6.45) is 0. The van der Waals surface area contributed by atoms with Crippen LogP contribution >= 0.6 is 0 Å². The molecule has 0 unspecified atom stereocenters. The van der Waals surface area contributed by atoms with E-state index in [4.69, 9.17) is 9.97 Å². The van der Waals surface area contributed by atoms with E-state index in [0.29, 0.717) is 0 Å². The fraction of sp³-hybridized carbons (Fsp3) is 0.0448. The molecule has 0 aliphatic rings. The Hall–Kier alpha value is -9.32. The fourth-order valence-corrected chi connectivity index (χ4v) is 10.2. The molecule has 12 aromatic rings. The van der Waals surface area contributed by atoms with Crippen molar-refractivity contribution in [2.24, 2.45) is 0 Å². The number of nitrogens with zero attached hydrogens (tertiary/aromatic N) is 5. The van der Waals surface area contributed by atoms with Crippen LogP contribution < -0.4 is 9.80 Å². The van der Waals surface area contributed by atoms with Gasteiger partial charge in [0, 0.05) is 67.3 Å². The molecule has 0 saturated carbocycles. The molecule has 12 rings (SSSR count). The van der Waals surface area contributed by atoms with E-state index in [0.717, 1.165) is 90.3 Å². The first-order valence-electron chi connectivity index (χ1n) is 24.6. The van der Waals surface area contributed by atoms with Crippen LogP contribution in [0.2, 0.25) is 0 Å². The minimum atomic E-state index is 0.718. The molecule has 0 bridgehead atoms. The topological polar surface area (TPSA) is 37.2 Å². The molecule has 5 heteroatoms. The van der Waals surface area contributed by atoms with Crippen molar-refractivity contribution < 1.29 is 0 Å². The highest BCUT2D eigenvalue weighted by atomic mass is 15.1. The van der Waals surface area contributed by atoms with Gasteiger partial charge in [-0.2, -0.15) is 0 Å². The summed E-state index contributed by atoms with van der Waals surface area (Å²) in [5, 5.41) is 2.33. The predicted molar refractivity (Wildman–Crippen MR) is 302 cm³/mol. The van der Waals surface area contributed by atoms with Crippen molar-refractivity contribution in [3.8, 4) is 50.7 Å². The van der Waals surface area contributed by atoms with Gasteiger partial charge in [-0.25, -0.2) is 9.97 Å². The lowest BCUT2D eigenvalue weighted by Gasteiger charge is -2.26. The van der Waals surface area contributed by atoms with Gasteiger partial charge in [0.1, 0.15) is 0 Å². The lowest BCUT2D eigenvalue weighted by Crippen LogP contribution is -2.09. The molecule has 2 heterocycles. The molecule has 0 aliphatic carbocycles. The van der Waals surface area contributed by atoms with Gasteiger partial charge in [0.25, 0.3) is 0 Å². The summed E-state index contributed by atoms with van der Waals surface area (Å²) in [6, 6.07) is 91.1. The zero-order valence-electron chi connectivity index (χ0n) is 40.5. The van der Waals surface area contributed by atoms with Gasteiger partial charge in [-0.15, -0.1) is 0 Å². The highest BCUT2D eigenvalue weighted by molar-refractivity contribution is 6.12. The van der Waals surface area contributed by atoms with Gasteiger partial charge in [-0.3, -0.25) is 0 Å². The number of aryl methyl sites for hydroxylation is 3. The summed E-state index contributed by atoms with van der Waals surface area (Å²) >= 11 is 0. The largest absolute Gasteiger partial charge is 0.310 e. The minimum absolute atomic E-state index is 0.718. The van der Waals surface area contributed by atoms with Crippen LogP contribution in [0.15, 0.2) is 255 Å². The van der Waals surface area contributed by atoms with Gasteiger partial charge in [0.05, 0.1) is 22.4 Å². The number of benzene rings is 10. The molecule has 5 nitrogen and oxygen atoms in total. The maximum atomic E-state index is 5.14. The number of anilines is 6. The van der Waals surface area contributed by atoms with Crippen LogP contribution in [-0.4, -0.2) is 14.5 Å². The van der Waals surface area contributed by atoms with Crippen LogP contribution in [0.1, 0.15) is 16.7 Å². The third kappa shape index (κ3) is 8.48. The molecule has 2 aromatic heterocycles. The average molecular weight is 926 g/mol. The summed E-state index contributed by atoms with van der Waals surface area (Å²) < 4.78 is 2.43. The number of hydrogen-bond donors (Lipinski definition) is 0. The number of para-hydroxylation sites is 4. The Morgan fingerprint density at radius 2 is 0.764 bits per heavy atom. The smallest absolute Gasteiger partial charge is 0.160 e. The van der Waals surface area contributed by atoms with E-state index in [-0.39, 0.29) is 0 Å². The number of fused-ring (bicyclic) bond motifs is 3. The van der Waals surface area contributed by atoms with E-state index in [9.17, 15) is 0 Å². The molecule has 0 saturated heterocycles. The molecule has 0 N–H and O–H groups in total. The van der Waals surface area contributed by atoms with Crippen molar-refractivity contribution in [2.45, 2.75) is 20.8 Å². The summed E-state index contributed by atoms with van der Waals surface area (Å²) in [6.45, 7) is 6.45. The summed E-state index contributed by atoms with van der Waals surface area (Å²) in [4.78, 5) is 14.9. The molecular weight excluding hydrogens is 875 g/mol. The third-order valence-electron chi connectivity index (χ3n) is 13.6.